The van der Waals surface area contributed by atoms with Crippen LogP contribution in [0, 0.1) is 0 Å². The van der Waals surface area contributed by atoms with Crippen molar-refractivity contribution in [1.82, 2.24) is 5.32 Å². The lowest BCUT2D eigenvalue weighted by Gasteiger charge is -2.16. The Bertz CT molecular complexity index is 625. The van der Waals surface area contributed by atoms with Gasteiger partial charge in [-0.3, -0.25) is 4.79 Å². The summed E-state index contributed by atoms with van der Waals surface area (Å²) in [7, 11) is 0. The Morgan fingerprint density at radius 1 is 1.14 bits per heavy atom. The van der Waals surface area contributed by atoms with Gasteiger partial charge < -0.3 is 15.2 Å². The molecule has 1 fully saturated rings. The van der Waals surface area contributed by atoms with Crippen LogP contribution in [0.15, 0.2) is 54.6 Å². The van der Waals surface area contributed by atoms with Crippen molar-refractivity contribution in [2.45, 2.75) is 25.0 Å². The number of ether oxygens (including phenoxy) is 1. The van der Waals surface area contributed by atoms with Crippen LogP contribution in [0.4, 0.5) is 0 Å². The highest BCUT2D eigenvalue weighted by atomic mass is 16.5. The summed E-state index contributed by atoms with van der Waals surface area (Å²) in [6.07, 6.45) is 0.848. The van der Waals surface area contributed by atoms with Crippen LogP contribution < -0.4 is 10.1 Å². The van der Waals surface area contributed by atoms with E-state index in [1.165, 1.54) is 0 Å². The van der Waals surface area contributed by atoms with E-state index in [1.807, 2.05) is 54.6 Å². The molecule has 0 spiro atoms. The van der Waals surface area contributed by atoms with Crippen LogP contribution in [0.25, 0.3) is 0 Å². The fourth-order valence-corrected chi connectivity index (χ4v) is 2.87. The van der Waals surface area contributed by atoms with Gasteiger partial charge in [0.15, 0.2) is 0 Å². The minimum Gasteiger partial charge on any atom is -0.489 e. The summed E-state index contributed by atoms with van der Waals surface area (Å²) in [4.78, 5) is 11.2. The molecule has 22 heavy (non-hydrogen) atoms. The summed E-state index contributed by atoms with van der Waals surface area (Å²) in [5.74, 6) is 0.0398. The zero-order chi connectivity index (χ0) is 15.4. The molecule has 2 aromatic rings. The molecule has 1 aliphatic rings. The Balaban J connectivity index is 1.64. The van der Waals surface area contributed by atoms with Gasteiger partial charge in [-0.1, -0.05) is 42.5 Å². The van der Waals surface area contributed by atoms with Crippen molar-refractivity contribution >= 4 is 5.97 Å². The minimum absolute atomic E-state index is 0.0284. The van der Waals surface area contributed by atoms with Gasteiger partial charge in [0.25, 0.3) is 0 Å². The van der Waals surface area contributed by atoms with E-state index in [0.29, 0.717) is 6.61 Å². The topological polar surface area (TPSA) is 58.6 Å². The van der Waals surface area contributed by atoms with Gasteiger partial charge in [0.1, 0.15) is 18.4 Å². The zero-order valence-electron chi connectivity index (χ0n) is 12.2. The Hall–Kier alpha value is -2.33. The molecule has 4 heteroatoms. The van der Waals surface area contributed by atoms with Crippen molar-refractivity contribution in [3.8, 4) is 5.75 Å². The lowest BCUT2D eigenvalue weighted by Crippen LogP contribution is -2.34. The average molecular weight is 297 g/mol. The molecule has 0 amide bonds. The predicted molar refractivity (Wildman–Crippen MR) is 84.0 cm³/mol. The third-order valence-corrected chi connectivity index (χ3v) is 4.04. The van der Waals surface area contributed by atoms with Crippen LogP contribution in [0.1, 0.15) is 23.5 Å². The first-order valence-corrected chi connectivity index (χ1v) is 7.47. The monoisotopic (exact) mass is 297 g/mol. The molecule has 0 aromatic heterocycles. The number of carbonyl (C=O) groups is 1. The van der Waals surface area contributed by atoms with Crippen LogP contribution in [-0.2, 0) is 11.4 Å². The van der Waals surface area contributed by atoms with Gasteiger partial charge in [-0.25, -0.2) is 0 Å². The van der Waals surface area contributed by atoms with Crippen LogP contribution in [0.5, 0.6) is 5.75 Å². The first-order chi connectivity index (χ1) is 10.7. The zero-order valence-corrected chi connectivity index (χ0v) is 12.2. The molecule has 1 heterocycles. The van der Waals surface area contributed by atoms with Crippen molar-refractivity contribution in [3.63, 3.8) is 0 Å². The summed E-state index contributed by atoms with van der Waals surface area (Å²) >= 11 is 0. The maximum Gasteiger partial charge on any atom is 0.321 e. The molecular weight excluding hydrogens is 278 g/mol. The highest BCUT2D eigenvalue weighted by Gasteiger charge is 2.33. The van der Waals surface area contributed by atoms with Gasteiger partial charge >= 0.3 is 5.97 Å². The van der Waals surface area contributed by atoms with E-state index in [-0.39, 0.29) is 5.92 Å². The number of aliphatic carboxylic acids is 1. The molecule has 114 valence electrons. The Labute approximate surface area is 129 Å². The molecule has 1 saturated heterocycles. The molecule has 4 nitrogen and oxygen atoms in total. The minimum atomic E-state index is -0.785. The number of hydrogen-bond acceptors (Lipinski definition) is 3. The maximum atomic E-state index is 11.2. The summed E-state index contributed by atoms with van der Waals surface area (Å²) in [6, 6.07) is 17.3. The van der Waals surface area contributed by atoms with Gasteiger partial charge in [0.2, 0.25) is 0 Å². The van der Waals surface area contributed by atoms with E-state index in [4.69, 9.17) is 4.74 Å². The van der Waals surface area contributed by atoms with Crippen molar-refractivity contribution in [3.05, 3.63) is 65.7 Å². The Morgan fingerprint density at radius 2 is 1.86 bits per heavy atom. The van der Waals surface area contributed by atoms with Crippen LogP contribution >= 0.6 is 0 Å². The Morgan fingerprint density at radius 3 is 2.55 bits per heavy atom. The highest BCUT2D eigenvalue weighted by Crippen LogP contribution is 2.29. The number of benzene rings is 2. The molecular formula is C18H19NO3. The first kappa shape index (κ1) is 14.6. The predicted octanol–water partition coefficient (Wildman–Crippen LogP) is 2.80. The van der Waals surface area contributed by atoms with Crippen molar-refractivity contribution in [1.29, 1.82) is 0 Å². The number of rotatable bonds is 5. The fourth-order valence-electron chi connectivity index (χ4n) is 2.87. The summed E-state index contributed by atoms with van der Waals surface area (Å²) in [5, 5.41) is 12.3. The summed E-state index contributed by atoms with van der Waals surface area (Å²) in [5.41, 5.74) is 2.17. The lowest BCUT2D eigenvalue weighted by molar-refractivity contribution is -0.139. The first-order valence-electron chi connectivity index (χ1n) is 7.47. The molecule has 2 aromatic carbocycles. The SMILES string of the molecule is O=C(O)[C@H]1NCC[C@@H]1c1ccc(OCc2ccccc2)cc1. The molecule has 0 aliphatic carbocycles. The van der Waals surface area contributed by atoms with Gasteiger partial charge in [-0.05, 0) is 36.2 Å². The van der Waals surface area contributed by atoms with Crippen LogP contribution in [0.2, 0.25) is 0 Å². The smallest absolute Gasteiger partial charge is 0.321 e. The standard InChI is InChI=1S/C18H19NO3/c20-18(21)17-16(10-11-19-17)14-6-8-15(9-7-14)22-12-13-4-2-1-3-5-13/h1-9,16-17,19H,10-12H2,(H,20,21)/t16-,17+/m1/s1. The maximum absolute atomic E-state index is 11.2. The second kappa shape index (κ2) is 6.62. The molecule has 1 aliphatic heterocycles. The second-order valence-electron chi connectivity index (χ2n) is 5.51. The molecule has 0 saturated carbocycles. The van der Waals surface area contributed by atoms with Crippen molar-refractivity contribution < 1.29 is 14.6 Å². The van der Waals surface area contributed by atoms with Crippen molar-refractivity contribution in [2.75, 3.05) is 6.54 Å². The van der Waals surface area contributed by atoms with Crippen LogP contribution in [0.3, 0.4) is 0 Å². The van der Waals surface area contributed by atoms with Gasteiger partial charge in [0, 0.05) is 5.92 Å². The molecule has 3 rings (SSSR count). The quantitative estimate of drug-likeness (QED) is 0.891. The number of nitrogens with one attached hydrogen (secondary N) is 1. The largest absolute Gasteiger partial charge is 0.489 e. The van der Waals surface area contributed by atoms with E-state index < -0.39 is 12.0 Å². The molecule has 0 unspecified atom stereocenters. The molecule has 2 N–H and O–H groups in total. The van der Waals surface area contributed by atoms with Gasteiger partial charge in [-0.2, -0.15) is 0 Å². The lowest BCUT2D eigenvalue weighted by atomic mass is 9.92. The van der Waals surface area contributed by atoms with E-state index >= 15 is 0 Å². The van der Waals surface area contributed by atoms with Crippen molar-refractivity contribution in [2.24, 2.45) is 0 Å². The molecule has 2 atom stereocenters. The van der Waals surface area contributed by atoms with E-state index in [2.05, 4.69) is 5.32 Å². The van der Waals surface area contributed by atoms with E-state index in [1.54, 1.807) is 0 Å². The Kier molecular flexibility index (Phi) is 4.39. The van der Waals surface area contributed by atoms with E-state index in [9.17, 15) is 9.90 Å². The fraction of sp³-hybridized carbons (Fsp3) is 0.278. The normalized spacial score (nSPS) is 20.7. The number of carboxylic acids is 1. The molecule has 0 bridgehead atoms. The van der Waals surface area contributed by atoms with Crippen LogP contribution in [-0.4, -0.2) is 23.7 Å². The number of hydrogen-bond donors (Lipinski definition) is 2. The molecule has 0 radical (unpaired) electrons. The third kappa shape index (κ3) is 3.28. The van der Waals surface area contributed by atoms with E-state index in [0.717, 1.165) is 29.8 Å². The highest BCUT2D eigenvalue weighted by molar-refractivity contribution is 5.75. The average Bonchev–Trinajstić information content (AvgIpc) is 3.04. The summed E-state index contributed by atoms with van der Waals surface area (Å²) < 4.78 is 5.75. The third-order valence-electron chi connectivity index (χ3n) is 4.04. The summed E-state index contributed by atoms with van der Waals surface area (Å²) in [6.45, 7) is 1.27. The number of carboxylic acid groups (broad SMARTS) is 1. The van der Waals surface area contributed by atoms with Gasteiger partial charge in [-0.15, -0.1) is 0 Å². The second-order valence-corrected chi connectivity index (χ2v) is 5.51. The van der Waals surface area contributed by atoms with Gasteiger partial charge in [0.05, 0.1) is 0 Å².